The first-order valence-electron chi connectivity index (χ1n) is 8.86. The van der Waals surface area contributed by atoms with Crippen LogP contribution in [0.4, 0.5) is 0 Å². The van der Waals surface area contributed by atoms with Gasteiger partial charge in [0.05, 0.1) is 27.0 Å². The van der Waals surface area contributed by atoms with Gasteiger partial charge in [0.1, 0.15) is 18.1 Å². The fourth-order valence-corrected chi connectivity index (χ4v) is 2.80. The van der Waals surface area contributed by atoms with Gasteiger partial charge >= 0.3 is 0 Å². The van der Waals surface area contributed by atoms with Crippen molar-refractivity contribution in [2.75, 3.05) is 14.2 Å². The zero-order valence-electron chi connectivity index (χ0n) is 15.9. The van der Waals surface area contributed by atoms with Gasteiger partial charge in [-0.2, -0.15) is 0 Å². The third kappa shape index (κ3) is 4.72. The number of hydrogen-bond acceptors (Lipinski definition) is 5. The topological polar surface area (TPSA) is 69.9 Å². The summed E-state index contributed by atoms with van der Waals surface area (Å²) in [5.74, 6) is 1.77. The molecule has 0 radical (unpaired) electrons. The van der Waals surface area contributed by atoms with Gasteiger partial charge in [-0.25, -0.2) is 0 Å². The van der Waals surface area contributed by atoms with Crippen LogP contribution in [0.25, 0.3) is 0 Å². The maximum Gasteiger partial charge on any atom is 0.223 e. The fraction of sp³-hybridized carbons (Fsp3) is 0.227. The molecule has 0 spiro atoms. The lowest BCUT2D eigenvalue weighted by Crippen LogP contribution is -2.16. The zero-order valence-corrected chi connectivity index (χ0v) is 15.9. The molecule has 0 amide bonds. The zero-order chi connectivity index (χ0) is 19.9. The second-order valence-corrected chi connectivity index (χ2v) is 6.26. The second-order valence-electron chi connectivity index (χ2n) is 6.26. The minimum atomic E-state index is -0.261. The fourth-order valence-electron chi connectivity index (χ4n) is 2.80. The van der Waals surface area contributed by atoms with E-state index >= 15 is 0 Å². The van der Waals surface area contributed by atoms with Crippen LogP contribution in [0.3, 0.4) is 0 Å². The van der Waals surface area contributed by atoms with Crippen LogP contribution in [0.1, 0.15) is 16.8 Å². The van der Waals surface area contributed by atoms with Crippen molar-refractivity contribution in [1.82, 2.24) is 4.57 Å². The average molecular weight is 381 g/mol. The number of rotatable bonds is 8. The molecule has 0 atom stereocenters. The molecule has 3 rings (SSSR count). The SMILES string of the molecule is COc1ccc(COc2cn(Cc3ccc(OC)cc3)c(CO)cc2=O)cc1. The number of benzene rings is 2. The van der Waals surface area contributed by atoms with E-state index in [1.165, 1.54) is 6.07 Å². The van der Waals surface area contributed by atoms with E-state index in [4.69, 9.17) is 14.2 Å². The Morgan fingerprint density at radius 3 is 2.00 bits per heavy atom. The third-order valence-corrected chi connectivity index (χ3v) is 4.41. The molecular weight excluding hydrogens is 358 g/mol. The Morgan fingerprint density at radius 2 is 1.46 bits per heavy atom. The highest BCUT2D eigenvalue weighted by Crippen LogP contribution is 2.16. The van der Waals surface area contributed by atoms with Gasteiger partial charge in [0.2, 0.25) is 5.43 Å². The molecule has 1 aromatic heterocycles. The molecule has 1 N–H and O–H groups in total. The first kappa shape index (κ1) is 19.5. The van der Waals surface area contributed by atoms with Gasteiger partial charge < -0.3 is 23.9 Å². The number of aliphatic hydroxyl groups is 1. The second kappa shape index (κ2) is 9.10. The van der Waals surface area contributed by atoms with Crippen molar-refractivity contribution >= 4 is 0 Å². The Kier molecular flexibility index (Phi) is 6.34. The minimum Gasteiger partial charge on any atom is -0.497 e. The lowest BCUT2D eigenvalue weighted by atomic mass is 10.2. The van der Waals surface area contributed by atoms with E-state index in [0.717, 1.165) is 22.6 Å². The Labute approximate surface area is 163 Å². The van der Waals surface area contributed by atoms with Gasteiger partial charge in [-0.15, -0.1) is 0 Å². The number of hydrogen-bond donors (Lipinski definition) is 1. The molecule has 6 nitrogen and oxygen atoms in total. The molecule has 146 valence electrons. The molecule has 0 bridgehead atoms. The van der Waals surface area contributed by atoms with Crippen molar-refractivity contribution in [3.63, 3.8) is 0 Å². The van der Waals surface area contributed by atoms with Gasteiger partial charge in [0, 0.05) is 18.3 Å². The van der Waals surface area contributed by atoms with E-state index in [-0.39, 0.29) is 24.4 Å². The maximum atomic E-state index is 12.3. The Balaban J connectivity index is 1.79. The highest BCUT2D eigenvalue weighted by Gasteiger charge is 2.09. The molecule has 0 aliphatic heterocycles. The summed E-state index contributed by atoms with van der Waals surface area (Å²) in [6.45, 7) is 0.531. The van der Waals surface area contributed by atoms with Crippen molar-refractivity contribution in [2.24, 2.45) is 0 Å². The molecule has 2 aromatic carbocycles. The summed E-state index contributed by atoms with van der Waals surface area (Å²) in [4.78, 5) is 12.3. The summed E-state index contributed by atoms with van der Waals surface area (Å²) in [5, 5.41) is 9.62. The molecular formula is C22H23NO5. The highest BCUT2D eigenvalue weighted by atomic mass is 16.5. The summed E-state index contributed by atoms with van der Waals surface area (Å²) in [6, 6.07) is 16.5. The van der Waals surface area contributed by atoms with Crippen LogP contribution in [-0.4, -0.2) is 23.9 Å². The third-order valence-electron chi connectivity index (χ3n) is 4.41. The monoisotopic (exact) mass is 381 g/mol. The van der Waals surface area contributed by atoms with Crippen LogP contribution in [0.5, 0.6) is 17.2 Å². The van der Waals surface area contributed by atoms with Crippen LogP contribution < -0.4 is 19.6 Å². The highest BCUT2D eigenvalue weighted by molar-refractivity contribution is 5.30. The van der Waals surface area contributed by atoms with E-state index in [2.05, 4.69) is 0 Å². The number of nitrogens with zero attached hydrogens (tertiary/aromatic N) is 1. The lowest BCUT2D eigenvalue weighted by Gasteiger charge is -2.15. The molecule has 6 heteroatoms. The predicted octanol–water partition coefficient (Wildman–Crippen LogP) is 2.99. The smallest absolute Gasteiger partial charge is 0.223 e. The summed E-state index contributed by atoms with van der Waals surface area (Å²) >= 11 is 0. The van der Waals surface area contributed by atoms with E-state index in [1.807, 2.05) is 53.1 Å². The van der Waals surface area contributed by atoms with E-state index in [0.29, 0.717) is 12.2 Å². The molecule has 0 aliphatic carbocycles. The van der Waals surface area contributed by atoms with Gasteiger partial charge in [-0.05, 0) is 35.4 Å². The van der Waals surface area contributed by atoms with Crippen LogP contribution >= 0.6 is 0 Å². The molecule has 28 heavy (non-hydrogen) atoms. The first-order chi connectivity index (χ1) is 13.6. The summed E-state index contributed by atoms with van der Waals surface area (Å²) < 4.78 is 17.9. The van der Waals surface area contributed by atoms with Gasteiger partial charge in [-0.1, -0.05) is 24.3 Å². The normalized spacial score (nSPS) is 10.5. The van der Waals surface area contributed by atoms with Crippen molar-refractivity contribution in [3.8, 4) is 17.2 Å². The summed E-state index contributed by atoms with van der Waals surface area (Å²) in [6.07, 6.45) is 1.64. The molecule has 1 heterocycles. The Bertz CT molecular complexity index is 962. The molecule has 0 unspecified atom stereocenters. The lowest BCUT2D eigenvalue weighted by molar-refractivity contribution is 0.266. The van der Waals surface area contributed by atoms with Crippen molar-refractivity contribution < 1.29 is 19.3 Å². The first-order valence-corrected chi connectivity index (χ1v) is 8.86. The van der Waals surface area contributed by atoms with E-state index in [1.54, 1.807) is 20.4 Å². The number of methoxy groups -OCH3 is 2. The van der Waals surface area contributed by atoms with Crippen LogP contribution in [-0.2, 0) is 19.8 Å². The Morgan fingerprint density at radius 1 is 0.893 bits per heavy atom. The molecule has 0 fully saturated rings. The van der Waals surface area contributed by atoms with Gasteiger partial charge in [0.25, 0.3) is 0 Å². The molecule has 0 saturated heterocycles. The van der Waals surface area contributed by atoms with Crippen LogP contribution in [0.2, 0.25) is 0 Å². The van der Waals surface area contributed by atoms with Gasteiger partial charge in [0.15, 0.2) is 5.75 Å². The number of aromatic nitrogens is 1. The predicted molar refractivity (Wildman–Crippen MR) is 106 cm³/mol. The Hall–Kier alpha value is -3.25. The largest absolute Gasteiger partial charge is 0.497 e. The molecule has 3 aromatic rings. The van der Waals surface area contributed by atoms with Crippen LogP contribution in [0, 0.1) is 0 Å². The number of ether oxygens (including phenoxy) is 3. The summed E-state index contributed by atoms with van der Waals surface area (Å²) in [7, 11) is 3.23. The van der Waals surface area contributed by atoms with Crippen molar-refractivity contribution in [3.05, 3.63) is 87.8 Å². The quantitative estimate of drug-likeness (QED) is 0.650. The number of aliphatic hydroxyl groups excluding tert-OH is 1. The van der Waals surface area contributed by atoms with Gasteiger partial charge in [-0.3, -0.25) is 4.79 Å². The summed E-state index contributed by atoms with van der Waals surface area (Å²) in [5.41, 5.74) is 2.20. The van der Waals surface area contributed by atoms with E-state index < -0.39 is 0 Å². The maximum absolute atomic E-state index is 12.3. The average Bonchev–Trinajstić information content (AvgIpc) is 2.74. The van der Waals surface area contributed by atoms with Crippen molar-refractivity contribution in [2.45, 2.75) is 19.8 Å². The number of pyridine rings is 1. The standard InChI is InChI=1S/C22H23NO5/c1-26-19-7-3-16(4-8-19)12-23-13-22(21(25)11-18(23)14-24)28-15-17-5-9-20(27-2)10-6-17/h3-11,13,24H,12,14-15H2,1-2H3. The minimum absolute atomic E-state index is 0.232. The molecule has 0 saturated carbocycles. The van der Waals surface area contributed by atoms with E-state index in [9.17, 15) is 9.90 Å². The molecule has 0 aliphatic rings. The van der Waals surface area contributed by atoms with Crippen molar-refractivity contribution in [1.29, 1.82) is 0 Å². The van der Waals surface area contributed by atoms with Crippen LogP contribution in [0.15, 0.2) is 65.6 Å².